The molecule has 74 valence electrons. The van der Waals surface area contributed by atoms with Gasteiger partial charge in [-0.05, 0) is 6.92 Å². The molecule has 0 aromatic rings. The van der Waals surface area contributed by atoms with Gasteiger partial charge in [0.15, 0.2) is 12.4 Å². The Morgan fingerprint density at radius 2 is 2.23 bits per heavy atom. The fraction of sp³-hybridized carbons (Fsp3) is 0.875. The van der Waals surface area contributed by atoms with Crippen LogP contribution in [0.15, 0.2) is 0 Å². The molecule has 1 unspecified atom stereocenters. The molecule has 4 atom stereocenters. The highest BCUT2D eigenvalue weighted by atomic mass is 16.8. The summed E-state index contributed by atoms with van der Waals surface area (Å²) in [5, 5.41) is 0. The molecular formula is C8H12O5. The topological polar surface area (TPSA) is 54.0 Å². The van der Waals surface area contributed by atoms with Crippen LogP contribution in [-0.4, -0.2) is 37.4 Å². The van der Waals surface area contributed by atoms with Crippen molar-refractivity contribution < 1.29 is 23.7 Å². The molecule has 0 spiro atoms. The second kappa shape index (κ2) is 3.25. The molecule has 0 aromatic carbocycles. The monoisotopic (exact) mass is 188 g/mol. The third-order valence-corrected chi connectivity index (χ3v) is 2.06. The van der Waals surface area contributed by atoms with E-state index >= 15 is 0 Å². The van der Waals surface area contributed by atoms with Crippen molar-refractivity contribution in [3.8, 4) is 0 Å². The lowest BCUT2D eigenvalue weighted by Crippen LogP contribution is -2.31. The maximum Gasteiger partial charge on any atom is 0.305 e. The van der Waals surface area contributed by atoms with Gasteiger partial charge in [-0.1, -0.05) is 0 Å². The largest absolute Gasteiger partial charge is 0.433 e. The van der Waals surface area contributed by atoms with Crippen molar-refractivity contribution >= 4 is 5.97 Å². The first-order chi connectivity index (χ1) is 6.16. The van der Waals surface area contributed by atoms with Gasteiger partial charge in [-0.2, -0.15) is 0 Å². The molecule has 2 saturated heterocycles. The van der Waals surface area contributed by atoms with Crippen LogP contribution in [0.1, 0.15) is 13.8 Å². The van der Waals surface area contributed by atoms with Crippen LogP contribution in [0.4, 0.5) is 0 Å². The second-order valence-corrected chi connectivity index (χ2v) is 3.15. The summed E-state index contributed by atoms with van der Waals surface area (Å²) in [7, 11) is 0. The summed E-state index contributed by atoms with van der Waals surface area (Å²) in [6.07, 6.45) is -1.21. The van der Waals surface area contributed by atoms with Crippen molar-refractivity contribution in [1.82, 2.24) is 0 Å². The molecule has 13 heavy (non-hydrogen) atoms. The fourth-order valence-corrected chi connectivity index (χ4v) is 1.59. The smallest absolute Gasteiger partial charge is 0.305 e. The lowest BCUT2D eigenvalue weighted by atomic mass is 10.2. The first-order valence-electron chi connectivity index (χ1n) is 4.26. The SMILES string of the molecule is CC(=O)O[C@@H]1OC[C@H]2OC(C)O[C@@H]12. The van der Waals surface area contributed by atoms with Gasteiger partial charge in [0, 0.05) is 6.92 Å². The van der Waals surface area contributed by atoms with Crippen LogP contribution >= 0.6 is 0 Å². The standard InChI is InChI=1S/C8H12O5/c1-4(9)11-8-7-6(3-10-8)12-5(2)13-7/h5-8H,3H2,1-2H3/t5?,6-,7-,8+/m1/s1. The normalized spacial score (nSPS) is 43.2. The molecule has 0 N–H and O–H groups in total. The van der Waals surface area contributed by atoms with Gasteiger partial charge < -0.3 is 18.9 Å². The van der Waals surface area contributed by atoms with E-state index in [1.807, 2.05) is 6.92 Å². The first-order valence-corrected chi connectivity index (χ1v) is 4.26. The van der Waals surface area contributed by atoms with Crippen LogP contribution in [0.3, 0.4) is 0 Å². The van der Waals surface area contributed by atoms with E-state index in [9.17, 15) is 4.79 Å². The van der Waals surface area contributed by atoms with Gasteiger partial charge in [-0.3, -0.25) is 4.79 Å². The minimum Gasteiger partial charge on any atom is -0.433 e. The van der Waals surface area contributed by atoms with E-state index in [2.05, 4.69) is 0 Å². The van der Waals surface area contributed by atoms with E-state index in [1.165, 1.54) is 6.92 Å². The molecule has 2 heterocycles. The molecule has 2 aliphatic rings. The number of esters is 1. The minimum absolute atomic E-state index is 0.0978. The predicted octanol–water partition coefficient (Wildman–Crippen LogP) is 0.0358. The van der Waals surface area contributed by atoms with E-state index in [0.717, 1.165) is 0 Å². The van der Waals surface area contributed by atoms with E-state index in [4.69, 9.17) is 18.9 Å². The molecule has 0 bridgehead atoms. The van der Waals surface area contributed by atoms with E-state index < -0.39 is 6.29 Å². The Labute approximate surface area is 75.9 Å². The number of hydrogen-bond acceptors (Lipinski definition) is 5. The van der Waals surface area contributed by atoms with Gasteiger partial charge in [0.05, 0.1) is 6.61 Å². The van der Waals surface area contributed by atoms with Crippen LogP contribution in [0.5, 0.6) is 0 Å². The van der Waals surface area contributed by atoms with E-state index in [0.29, 0.717) is 6.61 Å². The van der Waals surface area contributed by atoms with Crippen molar-refractivity contribution in [3.05, 3.63) is 0 Å². The highest BCUT2D eigenvalue weighted by Crippen LogP contribution is 2.29. The van der Waals surface area contributed by atoms with Gasteiger partial charge in [-0.25, -0.2) is 0 Å². The zero-order valence-electron chi connectivity index (χ0n) is 7.56. The number of carbonyl (C=O) groups is 1. The quantitative estimate of drug-likeness (QED) is 0.543. The number of hydrogen-bond donors (Lipinski definition) is 0. The number of fused-ring (bicyclic) bond motifs is 1. The number of carbonyl (C=O) groups excluding carboxylic acids is 1. The van der Waals surface area contributed by atoms with Gasteiger partial charge >= 0.3 is 5.97 Å². The van der Waals surface area contributed by atoms with E-state index in [-0.39, 0.29) is 24.5 Å². The first kappa shape index (κ1) is 8.93. The summed E-state index contributed by atoms with van der Waals surface area (Å²) in [5.74, 6) is -0.367. The Kier molecular flexibility index (Phi) is 2.23. The van der Waals surface area contributed by atoms with Crippen LogP contribution in [0.2, 0.25) is 0 Å². The van der Waals surface area contributed by atoms with Crippen molar-refractivity contribution in [2.24, 2.45) is 0 Å². The molecule has 0 saturated carbocycles. The third kappa shape index (κ3) is 1.67. The number of rotatable bonds is 1. The highest BCUT2D eigenvalue weighted by Gasteiger charge is 2.47. The van der Waals surface area contributed by atoms with Gasteiger partial charge in [0.1, 0.15) is 6.10 Å². The molecule has 2 rings (SSSR count). The van der Waals surface area contributed by atoms with Crippen LogP contribution < -0.4 is 0 Å². The lowest BCUT2D eigenvalue weighted by molar-refractivity contribution is -0.194. The highest BCUT2D eigenvalue weighted by molar-refractivity contribution is 5.66. The second-order valence-electron chi connectivity index (χ2n) is 3.15. The zero-order valence-corrected chi connectivity index (χ0v) is 7.56. The maximum absolute atomic E-state index is 10.7. The summed E-state index contributed by atoms with van der Waals surface area (Å²) >= 11 is 0. The molecule has 2 fully saturated rings. The number of ether oxygens (including phenoxy) is 4. The molecule has 5 nitrogen and oxygen atoms in total. The van der Waals surface area contributed by atoms with Crippen molar-refractivity contribution in [2.75, 3.05) is 6.61 Å². The predicted molar refractivity (Wildman–Crippen MR) is 40.7 cm³/mol. The minimum atomic E-state index is -0.604. The van der Waals surface area contributed by atoms with Crippen LogP contribution in [0, 0.1) is 0 Å². The molecule has 0 radical (unpaired) electrons. The van der Waals surface area contributed by atoms with Crippen LogP contribution in [-0.2, 0) is 23.7 Å². The van der Waals surface area contributed by atoms with Crippen molar-refractivity contribution in [3.63, 3.8) is 0 Å². The fourth-order valence-electron chi connectivity index (χ4n) is 1.59. The molecule has 2 aliphatic heterocycles. The Morgan fingerprint density at radius 1 is 1.46 bits per heavy atom. The molecule has 0 aliphatic carbocycles. The average molecular weight is 188 g/mol. The summed E-state index contributed by atoms with van der Waals surface area (Å²) < 4.78 is 20.8. The zero-order chi connectivity index (χ0) is 9.42. The van der Waals surface area contributed by atoms with Gasteiger partial charge in [0.25, 0.3) is 0 Å². The molecular weight excluding hydrogens is 176 g/mol. The summed E-state index contributed by atoms with van der Waals surface area (Å²) in [6, 6.07) is 0. The van der Waals surface area contributed by atoms with Gasteiger partial charge in [-0.15, -0.1) is 0 Å². The van der Waals surface area contributed by atoms with Crippen LogP contribution in [0.25, 0.3) is 0 Å². The molecule has 0 amide bonds. The summed E-state index contributed by atoms with van der Waals surface area (Å²) in [6.45, 7) is 3.58. The Bertz CT molecular complexity index is 217. The summed E-state index contributed by atoms with van der Waals surface area (Å²) in [5.41, 5.74) is 0. The van der Waals surface area contributed by atoms with E-state index in [1.54, 1.807) is 0 Å². The summed E-state index contributed by atoms with van der Waals surface area (Å²) in [4.78, 5) is 10.7. The molecule has 0 aromatic heterocycles. The lowest BCUT2D eigenvalue weighted by Gasteiger charge is -2.15. The van der Waals surface area contributed by atoms with Gasteiger partial charge in [0.2, 0.25) is 6.29 Å². The third-order valence-electron chi connectivity index (χ3n) is 2.06. The Hall–Kier alpha value is -0.650. The molecule has 5 heteroatoms. The Morgan fingerprint density at radius 3 is 2.92 bits per heavy atom. The van der Waals surface area contributed by atoms with Crippen molar-refractivity contribution in [2.45, 2.75) is 38.6 Å². The van der Waals surface area contributed by atoms with Crippen molar-refractivity contribution in [1.29, 1.82) is 0 Å². The maximum atomic E-state index is 10.7. The Balaban J connectivity index is 1.96. The average Bonchev–Trinajstić information content (AvgIpc) is 2.51.